The van der Waals surface area contributed by atoms with Crippen LogP contribution >= 0.6 is 0 Å². The fourth-order valence-electron chi connectivity index (χ4n) is 1.61. The molecule has 0 spiro atoms. The number of benzene rings is 1. The first kappa shape index (κ1) is 12.2. The highest BCUT2D eigenvalue weighted by atomic mass is 16.5. The number of hydrogen-bond acceptors (Lipinski definition) is 5. The van der Waals surface area contributed by atoms with Gasteiger partial charge in [-0.25, -0.2) is 14.8 Å². The molecule has 92 valence electrons. The Bertz CT molecular complexity index is 570. The summed E-state index contributed by atoms with van der Waals surface area (Å²) in [7, 11) is 1.28. The van der Waals surface area contributed by atoms with E-state index in [0.29, 0.717) is 5.69 Å². The predicted molar refractivity (Wildman–Crippen MR) is 64.7 cm³/mol. The number of ether oxygens (including phenoxy) is 1. The van der Waals surface area contributed by atoms with Crippen molar-refractivity contribution in [3.63, 3.8) is 0 Å². The minimum Gasteiger partial charge on any atom is -0.463 e. The second-order valence-corrected chi connectivity index (χ2v) is 3.57. The third-order valence-corrected chi connectivity index (χ3v) is 2.49. The van der Waals surface area contributed by atoms with Crippen molar-refractivity contribution in [2.45, 2.75) is 6.61 Å². The Labute approximate surface area is 104 Å². The molecule has 0 atom stereocenters. The van der Waals surface area contributed by atoms with Crippen LogP contribution in [-0.2, 0) is 11.3 Å². The van der Waals surface area contributed by atoms with Crippen molar-refractivity contribution in [2.75, 3.05) is 7.11 Å². The third-order valence-electron chi connectivity index (χ3n) is 2.49. The number of hydrogen-bond donors (Lipinski definition) is 1. The number of esters is 1. The Morgan fingerprint density at radius 3 is 2.83 bits per heavy atom. The Kier molecular flexibility index (Phi) is 3.64. The molecular weight excluding hydrogens is 232 g/mol. The fourth-order valence-corrected chi connectivity index (χ4v) is 1.61. The van der Waals surface area contributed by atoms with E-state index in [9.17, 15) is 9.90 Å². The van der Waals surface area contributed by atoms with Crippen LogP contribution in [0.15, 0.2) is 36.5 Å². The van der Waals surface area contributed by atoms with Gasteiger partial charge in [-0.2, -0.15) is 0 Å². The molecule has 0 unspecified atom stereocenters. The average Bonchev–Trinajstić information content (AvgIpc) is 2.46. The highest BCUT2D eigenvalue weighted by Crippen LogP contribution is 2.21. The van der Waals surface area contributed by atoms with E-state index < -0.39 is 5.97 Å². The van der Waals surface area contributed by atoms with Gasteiger partial charge in [-0.15, -0.1) is 0 Å². The lowest BCUT2D eigenvalue weighted by atomic mass is 10.1. The summed E-state index contributed by atoms with van der Waals surface area (Å²) in [5.41, 5.74) is 2.09. The average molecular weight is 244 g/mol. The molecule has 2 rings (SSSR count). The van der Waals surface area contributed by atoms with E-state index in [2.05, 4.69) is 14.7 Å². The van der Waals surface area contributed by atoms with E-state index in [1.807, 2.05) is 18.2 Å². The molecule has 0 bridgehead atoms. The Balaban J connectivity index is 2.48. The molecule has 5 nitrogen and oxygen atoms in total. The van der Waals surface area contributed by atoms with Crippen molar-refractivity contribution < 1.29 is 14.6 Å². The van der Waals surface area contributed by atoms with E-state index in [4.69, 9.17) is 0 Å². The van der Waals surface area contributed by atoms with Gasteiger partial charge in [-0.05, 0) is 11.6 Å². The molecule has 0 aliphatic heterocycles. The lowest BCUT2D eigenvalue weighted by Gasteiger charge is -2.07. The maximum absolute atomic E-state index is 11.4. The summed E-state index contributed by atoms with van der Waals surface area (Å²) in [5.74, 6) is -0.582. The van der Waals surface area contributed by atoms with Crippen LogP contribution < -0.4 is 0 Å². The van der Waals surface area contributed by atoms with Crippen molar-refractivity contribution in [2.24, 2.45) is 0 Å². The van der Waals surface area contributed by atoms with Gasteiger partial charge >= 0.3 is 5.97 Å². The molecule has 5 heteroatoms. The largest absolute Gasteiger partial charge is 0.463 e. The van der Waals surface area contributed by atoms with E-state index in [0.717, 1.165) is 11.1 Å². The molecule has 0 amide bonds. The van der Waals surface area contributed by atoms with Crippen molar-refractivity contribution in [3.05, 3.63) is 47.9 Å². The summed E-state index contributed by atoms with van der Waals surface area (Å²) in [6.45, 7) is -0.0895. The monoisotopic (exact) mass is 244 g/mol. The van der Waals surface area contributed by atoms with Gasteiger partial charge in [0.15, 0.2) is 0 Å². The van der Waals surface area contributed by atoms with Crippen LogP contribution in [0.25, 0.3) is 11.3 Å². The highest BCUT2D eigenvalue weighted by molar-refractivity contribution is 5.85. The number of aliphatic hydroxyl groups is 1. The first-order valence-corrected chi connectivity index (χ1v) is 5.36. The molecule has 1 N–H and O–H groups in total. The first-order valence-electron chi connectivity index (χ1n) is 5.36. The van der Waals surface area contributed by atoms with Crippen LogP contribution in [0.2, 0.25) is 0 Å². The number of rotatable bonds is 3. The molecule has 1 aromatic heterocycles. The van der Waals surface area contributed by atoms with Crippen molar-refractivity contribution in [1.29, 1.82) is 0 Å². The lowest BCUT2D eigenvalue weighted by Crippen LogP contribution is -2.07. The first-order chi connectivity index (χ1) is 8.76. The molecule has 1 heterocycles. The summed E-state index contributed by atoms with van der Waals surface area (Å²) in [4.78, 5) is 19.3. The van der Waals surface area contributed by atoms with Gasteiger partial charge in [0, 0.05) is 11.8 Å². The van der Waals surface area contributed by atoms with Gasteiger partial charge in [0.2, 0.25) is 5.82 Å². The van der Waals surface area contributed by atoms with Gasteiger partial charge in [0.25, 0.3) is 0 Å². The molecule has 2 aromatic rings. The number of nitrogens with zero attached hydrogens (tertiary/aromatic N) is 2. The van der Waals surface area contributed by atoms with Crippen molar-refractivity contribution in [3.8, 4) is 11.3 Å². The summed E-state index contributed by atoms with van der Waals surface area (Å²) in [6, 6.07) is 8.98. The normalized spacial score (nSPS) is 10.1. The van der Waals surface area contributed by atoms with Crippen molar-refractivity contribution >= 4 is 5.97 Å². The molecular formula is C13H12N2O3. The van der Waals surface area contributed by atoms with Crippen molar-refractivity contribution in [1.82, 2.24) is 9.97 Å². The molecule has 0 saturated heterocycles. The molecule has 0 saturated carbocycles. The number of methoxy groups -OCH3 is 1. The summed E-state index contributed by atoms with van der Waals surface area (Å²) in [6.07, 6.45) is 1.49. The standard InChI is InChI=1S/C13H12N2O3/c1-18-13(17)12-14-7-6-11(15-12)10-5-3-2-4-9(10)8-16/h2-7,16H,8H2,1H3. The summed E-state index contributed by atoms with van der Waals surface area (Å²) in [5, 5.41) is 9.27. The minimum absolute atomic E-state index is 0.00254. The maximum atomic E-state index is 11.4. The van der Waals surface area contributed by atoms with E-state index in [1.165, 1.54) is 13.3 Å². The topological polar surface area (TPSA) is 72.3 Å². The molecule has 1 aromatic carbocycles. The third kappa shape index (κ3) is 2.36. The van der Waals surface area contributed by atoms with Crippen LogP contribution in [-0.4, -0.2) is 28.2 Å². The van der Waals surface area contributed by atoms with Crippen LogP contribution in [0.5, 0.6) is 0 Å². The second-order valence-electron chi connectivity index (χ2n) is 3.57. The summed E-state index contributed by atoms with van der Waals surface area (Å²) < 4.78 is 4.57. The number of aliphatic hydroxyl groups excluding tert-OH is 1. The summed E-state index contributed by atoms with van der Waals surface area (Å²) >= 11 is 0. The van der Waals surface area contributed by atoms with Crippen LogP contribution in [0.1, 0.15) is 16.2 Å². The zero-order valence-corrected chi connectivity index (χ0v) is 9.83. The Morgan fingerprint density at radius 2 is 2.11 bits per heavy atom. The number of carbonyl (C=O) groups is 1. The molecule has 0 fully saturated rings. The van der Waals surface area contributed by atoms with E-state index >= 15 is 0 Å². The zero-order chi connectivity index (χ0) is 13.0. The maximum Gasteiger partial charge on any atom is 0.376 e. The van der Waals surface area contributed by atoms with Gasteiger partial charge < -0.3 is 9.84 Å². The zero-order valence-electron chi connectivity index (χ0n) is 9.83. The molecule has 18 heavy (non-hydrogen) atoms. The predicted octanol–water partition coefficient (Wildman–Crippen LogP) is 1.42. The second kappa shape index (κ2) is 5.37. The minimum atomic E-state index is -0.585. The van der Waals surface area contributed by atoms with Gasteiger partial charge in [0.1, 0.15) is 0 Å². The Hall–Kier alpha value is -2.27. The SMILES string of the molecule is COC(=O)c1nccc(-c2ccccc2CO)n1. The smallest absolute Gasteiger partial charge is 0.376 e. The molecule has 0 radical (unpaired) electrons. The highest BCUT2D eigenvalue weighted by Gasteiger charge is 2.11. The number of carbonyl (C=O) groups excluding carboxylic acids is 1. The number of aromatic nitrogens is 2. The fraction of sp³-hybridized carbons (Fsp3) is 0.154. The molecule has 0 aliphatic rings. The lowest BCUT2D eigenvalue weighted by molar-refractivity contribution is 0.0587. The van der Waals surface area contributed by atoms with E-state index in [-0.39, 0.29) is 12.4 Å². The van der Waals surface area contributed by atoms with Crippen LogP contribution in [0.3, 0.4) is 0 Å². The molecule has 0 aliphatic carbocycles. The van der Waals surface area contributed by atoms with Gasteiger partial charge in [-0.3, -0.25) is 0 Å². The Morgan fingerprint density at radius 1 is 1.33 bits per heavy atom. The van der Waals surface area contributed by atoms with Crippen LogP contribution in [0, 0.1) is 0 Å². The van der Waals surface area contributed by atoms with Gasteiger partial charge in [0.05, 0.1) is 19.4 Å². The quantitative estimate of drug-likeness (QED) is 0.827. The van der Waals surface area contributed by atoms with Crippen LogP contribution in [0.4, 0.5) is 0 Å². The van der Waals surface area contributed by atoms with Gasteiger partial charge in [-0.1, -0.05) is 24.3 Å². The van der Waals surface area contributed by atoms with E-state index in [1.54, 1.807) is 12.1 Å².